The van der Waals surface area contributed by atoms with Gasteiger partial charge in [0.2, 0.25) is 5.28 Å². The third kappa shape index (κ3) is 5.51. The van der Waals surface area contributed by atoms with E-state index in [9.17, 15) is 29.4 Å². The van der Waals surface area contributed by atoms with Crippen LogP contribution in [0.5, 0.6) is 0 Å². The Hall–Kier alpha value is -1.98. The molecular formula is C20H30ClN6O10P. The molecule has 1 aliphatic heterocycles. The monoisotopic (exact) mass is 580 g/mol. The molecule has 2 aromatic rings. The number of carbonyl (C=O) groups is 1. The van der Waals surface area contributed by atoms with Crippen molar-refractivity contribution < 1.29 is 48.8 Å². The third-order valence-corrected chi connectivity index (χ3v) is 8.38. The quantitative estimate of drug-likeness (QED) is 0.0795. The highest BCUT2D eigenvalue weighted by Gasteiger charge is 2.57. The smallest absolute Gasteiger partial charge is 0.368 e. The SMILES string of the molecule is COC(=O)C(CCNO)(OC[C@H]1O[C@@H](n2ncc3c(NC4CCCC4)nc(Cl)nc32)[C@H](O)[C@@H]1O)P(=O)(O)O. The predicted octanol–water partition coefficient (Wildman–Crippen LogP) is -0.114. The Kier molecular flexibility index (Phi) is 8.88. The molecule has 1 saturated carbocycles. The summed E-state index contributed by atoms with van der Waals surface area (Å²) in [6, 6.07) is 0.217. The molecule has 0 radical (unpaired) electrons. The first-order valence-corrected chi connectivity index (χ1v) is 13.8. The molecule has 0 aromatic carbocycles. The van der Waals surface area contributed by atoms with Gasteiger partial charge in [-0.15, -0.1) is 0 Å². The van der Waals surface area contributed by atoms with E-state index < -0.39 is 63.0 Å². The summed E-state index contributed by atoms with van der Waals surface area (Å²) >= 11 is 6.15. The number of esters is 1. The average Bonchev–Trinajstić information content (AvgIpc) is 3.59. The zero-order valence-corrected chi connectivity index (χ0v) is 22.0. The van der Waals surface area contributed by atoms with Gasteiger partial charge in [0.15, 0.2) is 11.9 Å². The largest absolute Gasteiger partial charge is 0.466 e. The molecule has 2 aromatic heterocycles. The van der Waals surface area contributed by atoms with Crippen LogP contribution in [0.25, 0.3) is 11.0 Å². The number of nitrogens with zero attached hydrogens (tertiary/aromatic N) is 4. The van der Waals surface area contributed by atoms with E-state index in [0.717, 1.165) is 32.8 Å². The Morgan fingerprint density at radius 3 is 2.63 bits per heavy atom. The van der Waals surface area contributed by atoms with Crippen molar-refractivity contribution in [3.63, 3.8) is 0 Å². The summed E-state index contributed by atoms with van der Waals surface area (Å²) in [5.41, 5.74) is 1.92. The maximum absolute atomic E-state index is 12.4. The van der Waals surface area contributed by atoms with Crippen molar-refractivity contribution in [2.75, 3.05) is 25.6 Å². The minimum atomic E-state index is -5.32. The number of halogens is 1. The molecule has 2 fully saturated rings. The van der Waals surface area contributed by atoms with Crippen LogP contribution in [-0.4, -0.2) is 101 Å². The number of aliphatic hydroxyl groups excluding tert-OH is 2. The number of fused-ring (bicyclic) bond motifs is 1. The Labute approximate surface area is 221 Å². The number of rotatable bonds is 11. The first kappa shape index (κ1) is 29.0. The Bertz CT molecular complexity index is 1190. The van der Waals surface area contributed by atoms with E-state index in [2.05, 4.69) is 25.1 Å². The molecule has 1 unspecified atom stereocenters. The molecule has 0 spiro atoms. The van der Waals surface area contributed by atoms with Crippen molar-refractivity contribution >= 4 is 42.0 Å². The van der Waals surface area contributed by atoms with E-state index in [1.807, 2.05) is 0 Å². The number of carbonyl (C=O) groups excluding carboxylic acids is 1. The molecule has 5 atom stereocenters. The lowest BCUT2D eigenvalue weighted by Crippen LogP contribution is -2.47. The Balaban J connectivity index is 1.57. The van der Waals surface area contributed by atoms with Gasteiger partial charge in [0.1, 0.15) is 24.1 Å². The summed E-state index contributed by atoms with van der Waals surface area (Å²) in [5, 5.41) is 35.5. The summed E-state index contributed by atoms with van der Waals surface area (Å²) in [6.07, 6.45) is -0.862. The first-order valence-electron chi connectivity index (χ1n) is 11.9. The summed E-state index contributed by atoms with van der Waals surface area (Å²) in [6.45, 7) is -1.17. The number of methoxy groups -OCH3 is 1. The molecule has 18 heteroatoms. The van der Waals surface area contributed by atoms with Crippen LogP contribution in [0.15, 0.2) is 6.20 Å². The van der Waals surface area contributed by atoms with Gasteiger partial charge in [-0.05, 0) is 24.4 Å². The van der Waals surface area contributed by atoms with Crippen LogP contribution in [0.2, 0.25) is 5.28 Å². The lowest BCUT2D eigenvalue weighted by molar-refractivity contribution is -0.167. The van der Waals surface area contributed by atoms with Crippen molar-refractivity contribution in [1.29, 1.82) is 0 Å². The fraction of sp³-hybridized carbons (Fsp3) is 0.700. The van der Waals surface area contributed by atoms with Gasteiger partial charge in [-0.1, -0.05) is 12.8 Å². The van der Waals surface area contributed by atoms with Crippen molar-refractivity contribution in [3.05, 3.63) is 11.5 Å². The van der Waals surface area contributed by atoms with Crippen LogP contribution in [-0.2, 0) is 23.6 Å². The number of anilines is 1. The molecule has 1 aliphatic carbocycles. The first-order chi connectivity index (χ1) is 18.0. The minimum absolute atomic E-state index is 0.0744. The molecule has 1 saturated heterocycles. The summed E-state index contributed by atoms with van der Waals surface area (Å²) in [4.78, 5) is 40.6. The second kappa shape index (κ2) is 11.6. The standard InChI is InChI=1S/C20H30ClN6O10P/c1-35-18(30)20(6-7-23-31,38(32,33)34)36-9-12-13(28)14(29)17(37-12)27-16-11(8-22-27)15(25-19(21)26-16)24-10-4-2-3-5-10/h8,10,12-14,17,23,28-29,31H,2-7,9H2,1H3,(H,24,25,26)(H2,32,33,34)/t12-,13-,14-,17-,20?/m1/s1. The molecule has 2 aliphatic rings. The number of hydrogen-bond acceptors (Lipinski definition) is 13. The second-order valence-corrected chi connectivity index (χ2v) is 11.3. The van der Waals surface area contributed by atoms with Gasteiger partial charge in [-0.25, -0.2) is 15.0 Å². The van der Waals surface area contributed by atoms with Gasteiger partial charge in [-0.3, -0.25) is 4.57 Å². The third-order valence-electron chi connectivity index (χ3n) is 6.74. The molecular weight excluding hydrogens is 551 g/mol. The van der Waals surface area contributed by atoms with E-state index in [1.54, 1.807) is 5.48 Å². The lowest BCUT2D eigenvalue weighted by atomic mass is 10.1. The molecule has 4 rings (SSSR count). The van der Waals surface area contributed by atoms with E-state index in [4.69, 9.17) is 26.3 Å². The van der Waals surface area contributed by atoms with Gasteiger partial charge in [0.25, 0.3) is 5.34 Å². The van der Waals surface area contributed by atoms with Crippen molar-refractivity contribution in [2.45, 2.75) is 68.0 Å². The maximum atomic E-state index is 12.4. The molecule has 3 heterocycles. The zero-order valence-electron chi connectivity index (χ0n) is 20.3. The van der Waals surface area contributed by atoms with Crippen molar-refractivity contribution in [3.8, 4) is 0 Å². The van der Waals surface area contributed by atoms with Crippen LogP contribution >= 0.6 is 19.2 Å². The van der Waals surface area contributed by atoms with E-state index in [0.29, 0.717) is 11.2 Å². The fourth-order valence-corrected chi connectivity index (χ4v) is 5.85. The topological polar surface area (TPSA) is 231 Å². The molecule has 7 N–H and O–H groups in total. The van der Waals surface area contributed by atoms with Crippen LogP contribution in [0.3, 0.4) is 0 Å². The molecule has 0 bridgehead atoms. The van der Waals surface area contributed by atoms with Gasteiger partial charge in [0, 0.05) is 19.0 Å². The highest BCUT2D eigenvalue weighted by atomic mass is 35.5. The number of ether oxygens (including phenoxy) is 3. The van der Waals surface area contributed by atoms with Crippen LogP contribution in [0, 0.1) is 0 Å². The van der Waals surface area contributed by atoms with Crippen LogP contribution in [0.1, 0.15) is 38.3 Å². The Morgan fingerprint density at radius 1 is 1.29 bits per heavy atom. The predicted molar refractivity (Wildman–Crippen MR) is 129 cm³/mol. The van der Waals surface area contributed by atoms with Gasteiger partial charge in [0.05, 0.1) is 25.3 Å². The van der Waals surface area contributed by atoms with E-state index in [-0.39, 0.29) is 17.0 Å². The zero-order chi connectivity index (χ0) is 27.7. The molecule has 0 amide bonds. The number of nitrogens with one attached hydrogen (secondary N) is 2. The number of aromatic nitrogens is 4. The van der Waals surface area contributed by atoms with E-state index >= 15 is 0 Å². The van der Waals surface area contributed by atoms with E-state index in [1.165, 1.54) is 10.9 Å². The van der Waals surface area contributed by atoms with Gasteiger partial charge < -0.3 is 44.7 Å². The van der Waals surface area contributed by atoms with Crippen LogP contribution < -0.4 is 10.8 Å². The minimum Gasteiger partial charge on any atom is -0.466 e. The van der Waals surface area contributed by atoms with Gasteiger partial charge >= 0.3 is 13.6 Å². The fourth-order valence-electron chi connectivity index (χ4n) is 4.71. The van der Waals surface area contributed by atoms with Crippen LogP contribution in [0.4, 0.5) is 5.82 Å². The second-order valence-electron chi connectivity index (χ2n) is 9.13. The van der Waals surface area contributed by atoms with Crippen molar-refractivity contribution in [2.24, 2.45) is 0 Å². The molecule has 16 nitrogen and oxygen atoms in total. The Morgan fingerprint density at radius 2 is 2.00 bits per heavy atom. The highest BCUT2D eigenvalue weighted by molar-refractivity contribution is 7.54. The summed E-state index contributed by atoms with van der Waals surface area (Å²) < 4.78 is 29.1. The summed E-state index contributed by atoms with van der Waals surface area (Å²) in [7, 11) is -4.41. The van der Waals surface area contributed by atoms with Crippen molar-refractivity contribution in [1.82, 2.24) is 25.2 Å². The van der Waals surface area contributed by atoms with Gasteiger partial charge in [-0.2, -0.15) is 15.1 Å². The average molecular weight is 581 g/mol. The summed E-state index contributed by atoms with van der Waals surface area (Å²) in [5.74, 6) is -0.926. The number of hydrogen-bond donors (Lipinski definition) is 7. The highest BCUT2D eigenvalue weighted by Crippen LogP contribution is 2.54. The molecule has 38 heavy (non-hydrogen) atoms. The normalized spacial score (nSPS) is 26.1. The number of hydroxylamine groups is 1. The lowest BCUT2D eigenvalue weighted by Gasteiger charge is -2.32. The number of aliphatic hydroxyl groups is 2. The maximum Gasteiger partial charge on any atom is 0.368 e. The molecule has 212 valence electrons.